The first-order valence-electron chi connectivity index (χ1n) is 7.37. The van der Waals surface area contributed by atoms with Crippen LogP contribution >= 0.6 is 11.3 Å². The van der Waals surface area contributed by atoms with Crippen molar-refractivity contribution in [3.8, 4) is 5.75 Å². The molecule has 0 radical (unpaired) electrons. The number of benzene rings is 1. The van der Waals surface area contributed by atoms with E-state index in [1.165, 1.54) is 10.4 Å². The molecule has 0 spiro atoms. The number of hydrogen-bond donors (Lipinski definition) is 2. The summed E-state index contributed by atoms with van der Waals surface area (Å²) in [6, 6.07) is 9.33. The van der Waals surface area contributed by atoms with Gasteiger partial charge in [0.2, 0.25) is 5.91 Å². The third-order valence-electron chi connectivity index (χ3n) is 3.85. The monoisotopic (exact) mass is 317 g/mol. The fourth-order valence-corrected chi connectivity index (χ4v) is 3.68. The van der Waals surface area contributed by atoms with Gasteiger partial charge in [-0.25, -0.2) is 0 Å². The number of aliphatic hydroxyl groups is 1. The fourth-order valence-electron chi connectivity index (χ4n) is 2.57. The van der Waals surface area contributed by atoms with Crippen LogP contribution in [0.15, 0.2) is 35.7 Å². The summed E-state index contributed by atoms with van der Waals surface area (Å²) in [5.41, 5.74) is 2.06. The molecule has 1 saturated carbocycles. The molecule has 2 aromatic rings. The highest BCUT2D eigenvalue weighted by Crippen LogP contribution is 2.50. The predicted molar refractivity (Wildman–Crippen MR) is 87.6 cm³/mol. The minimum atomic E-state index is -0.0102. The molecule has 5 heteroatoms. The summed E-state index contributed by atoms with van der Waals surface area (Å²) in [6.07, 6.45) is 0.935. The van der Waals surface area contributed by atoms with Crippen LogP contribution in [0.5, 0.6) is 5.75 Å². The number of anilines is 1. The van der Waals surface area contributed by atoms with E-state index >= 15 is 0 Å². The molecule has 0 aliphatic heterocycles. The van der Waals surface area contributed by atoms with E-state index in [1.807, 2.05) is 12.1 Å². The molecule has 0 saturated heterocycles. The van der Waals surface area contributed by atoms with Gasteiger partial charge in [-0.1, -0.05) is 0 Å². The first kappa shape index (κ1) is 15.1. The van der Waals surface area contributed by atoms with Crippen LogP contribution in [0.1, 0.15) is 22.8 Å². The van der Waals surface area contributed by atoms with Crippen molar-refractivity contribution in [1.29, 1.82) is 0 Å². The van der Waals surface area contributed by atoms with Crippen molar-refractivity contribution in [2.45, 2.75) is 19.3 Å². The molecule has 2 N–H and O–H groups in total. The SMILES string of the molecule is Cc1ccsc1C1CC1C(=O)Nc1ccc(OCCO)cc1. The molecule has 1 amide bonds. The van der Waals surface area contributed by atoms with Crippen LogP contribution in [0.2, 0.25) is 0 Å². The first-order valence-corrected chi connectivity index (χ1v) is 8.25. The molecule has 1 aromatic carbocycles. The molecule has 1 aliphatic carbocycles. The summed E-state index contributed by atoms with van der Waals surface area (Å²) in [5, 5.41) is 13.8. The van der Waals surface area contributed by atoms with Crippen molar-refractivity contribution in [1.82, 2.24) is 0 Å². The highest BCUT2D eigenvalue weighted by atomic mass is 32.1. The van der Waals surface area contributed by atoms with E-state index in [2.05, 4.69) is 23.7 Å². The Labute approximate surface area is 133 Å². The highest BCUT2D eigenvalue weighted by Gasteiger charge is 2.45. The van der Waals surface area contributed by atoms with Gasteiger partial charge in [0.15, 0.2) is 0 Å². The quantitative estimate of drug-likeness (QED) is 0.860. The second-order valence-electron chi connectivity index (χ2n) is 5.50. The number of carbonyl (C=O) groups is 1. The van der Waals surface area contributed by atoms with Crippen LogP contribution in [0.25, 0.3) is 0 Å². The Kier molecular flexibility index (Phi) is 4.45. The Bertz CT molecular complexity index is 650. The number of amides is 1. The van der Waals surface area contributed by atoms with E-state index in [9.17, 15) is 4.79 Å². The molecule has 1 aromatic heterocycles. The molecule has 116 valence electrons. The van der Waals surface area contributed by atoms with E-state index in [0.717, 1.165) is 12.1 Å². The largest absolute Gasteiger partial charge is 0.491 e. The molecule has 3 rings (SSSR count). The molecule has 1 aliphatic rings. The van der Waals surface area contributed by atoms with Crippen molar-refractivity contribution >= 4 is 22.9 Å². The lowest BCUT2D eigenvalue weighted by Gasteiger charge is -2.07. The number of aliphatic hydroxyl groups excluding tert-OH is 1. The highest BCUT2D eigenvalue weighted by molar-refractivity contribution is 7.10. The third kappa shape index (κ3) is 3.31. The van der Waals surface area contributed by atoms with Gasteiger partial charge in [0.1, 0.15) is 12.4 Å². The number of nitrogens with one attached hydrogen (secondary N) is 1. The first-order chi connectivity index (χ1) is 10.7. The zero-order chi connectivity index (χ0) is 15.5. The van der Waals surface area contributed by atoms with Crippen LogP contribution < -0.4 is 10.1 Å². The molecular weight excluding hydrogens is 298 g/mol. The van der Waals surface area contributed by atoms with Crippen LogP contribution in [0.4, 0.5) is 5.69 Å². The van der Waals surface area contributed by atoms with Crippen LogP contribution in [0, 0.1) is 12.8 Å². The Morgan fingerprint density at radius 3 is 2.77 bits per heavy atom. The maximum atomic E-state index is 12.3. The summed E-state index contributed by atoms with van der Waals surface area (Å²) < 4.78 is 5.29. The molecule has 1 fully saturated rings. The minimum absolute atomic E-state index is 0.0102. The zero-order valence-electron chi connectivity index (χ0n) is 12.4. The van der Waals surface area contributed by atoms with Crippen molar-refractivity contribution in [2.75, 3.05) is 18.5 Å². The molecule has 1 heterocycles. The van der Waals surface area contributed by atoms with E-state index in [0.29, 0.717) is 11.7 Å². The van der Waals surface area contributed by atoms with Crippen molar-refractivity contribution in [3.05, 3.63) is 46.2 Å². The van der Waals surface area contributed by atoms with Gasteiger partial charge in [-0.2, -0.15) is 0 Å². The number of aryl methyl sites for hydroxylation is 1. The normalized spacial score (nSPS) is 19.7. The van der Waals surface area contributed by atoms with E-state index < -0.39 is 0 Å². The molecule has 0 bridgehead atoms. The standard InChI is InChI=1S/C17H19NO3S/c1-11-6-9-22-16(11)14-10-15(14)17(20)18-12-2-4-13(5-3-12)21-8-7-19/h2-6,9,14-15,19H,7-8,10H2,1H3,(H,18,20). The average Bonchev–Trinajstić information content (AvgIpc) is 3.21. The van der Waals surface area contributed by atoms with Crippen molar-refractivity contribution < 1.29 is 14.6 Å². The number of hydrogen-bond acceptors (Lipinski definition) is 4. The van der Waals surface area contributed by atoms with Gasteiger partial charge in [0.05, 0.1) is 6.61 Å². The summed E-state index contributed by atoms with van der Waals surface area (Å²) in [4.78, 5) is 13.6. The maximum absolute atomic E-state index is 12.3. The zero-order valence-corrected chi connectivity index (χ0v) is 13.2. The van der Waals surface area contributed by atoms with Gasteiger partial charge in [-0.3, -0.25) is 4.79 Å². The third-order valence-corrected chi connectivity index (χ3v) is 5.00. The number of thiophene rings is 1. The summed E-state index contributed by atoms with van der Waals surface area (Å²) >= 11 is 1.74. The Hall–Kier alpha value is -1.85. The van der Waals surface area contributed by atoms with E-state index in [-0.39, 0.29) is 25.0 Å². The van der Waals surface area contributed by atoms with Gasteiger partial charge < -0.3 is 15.2 Å². The second-order valence-corrected chi connectivity index (χ2v) is 6.45. The van der Waals surface area contributed by atoms with Gasteiger partial charge in [0, 0.05) is 22.4 Å². The second kappa shape index (κ2) is 6.50. The molecular formula is C17H19NO3S. The van der Waals surface area contributed by atoms with Gasteiger partial charge in [-0.15, -0.1) is 11.3 Å². The maximum Gasteiger partial charge on any atom is 0.228 e. The number of ether oxygens (including phenoxy) is 1. The lowest BCUT2D eigenvalue weighted by Crippen LogP contribution is -2.14. The Morgan fingerprint density at radius 2 is 2.14 bits per heavy atom. The summed E-state index contributed by atoms with van der Waals surface area (Å²) in [6.45, 7) is 2.36. The Morgan fingerprint density at radius 1 is 1.36 bits per heavy atom. The average molecular weight is 317 g/mol. The van der Waals surface area contributed by atoms with Gasteiger partial charge in [0.25, 0.3) is 0 Å². The van der Waals surface area contributed by atoms with E-state index in [4.69, 9.17) is 9.84 Å². The van der Waals surface area contributed by atoms with E-state index in [1.54, 1.807) is 23.5 Å². The van der Waals surface area contributed by atoms with Gasteiger partial charge >= 0.3 is 0 Å². The predicted octanol–water partition coefficient (Wildman–Crippen LogP) is 3.17. The van der Waals surface area contributed by atoms with Crippen molar-refractivity contribution in [2.24, 2.45) is 5.92 Å². The molecule has 22 heavy (non-hydrogen) atoms. The summed E-state index contributed by atoms with van der Waals surface area (Å²) in [7, 11) is 0. The van der Waals surface area contributed by atoms with Crippen LogP contribution in [0.3, 0.4) is 0 Å². The summed E-state index contributed by atoms with van der Waals surface area (Å²) in [5.74, 6) is 1.24. The van der Waals surface area contributed by atoms with Crippen LogP contribution in [-0.4, -0.2) is 24.2 Å². The molecule has 4 nitrogen and oxygen atoms in total. The molecule has 2 unspecified atom stereocenters. The molecule has 2 atom stereocenters. The minimum Gasteiger partial charge on any atom is -0.491 e. The fraction of sp³-hybridized carbons (Fsp3) is 0.353. The van der Waals surface area contributed by atoms with Crippen molar-refractivity contribution in [3.63, 3.8) is 0 Å². The number of rotatable bonds is 6. The van der Waals surface area contributed by atoms with Crippen LogP contribution in [-0.2, 0) is 4.79 Å². The topological polar surface area (TPSA) is 58.6 Å². The smallest absolute Gasteiger partial charge is 0.228 e. The lowest BCUT2D eigenvalue weighted by atomic mass is 10.2. The lowest BCUT2D eigenvalue weighted by molar-refractivity contribution is -0.117. The number of carbonyl (C=O) groups excluding carboxylic acids is 1. The van der Waals surface area contributed by atoms with Gasteiger partial charge in [-0.05, 0) is 54.6 Å². The Balaban J connectivity index is 1.55.